The summed E-state index contributed by atoms with van der Waals surface area (Å²) >= 11 is 0. The van der Waals surface area contributed by atoms with Gasteiger partial charge in [0.15, 0.2) is 17.3 Å². The number of anilines is 1. The van der Waals surface area contributed by atoms with Crippen LogP contribution in [-0.4, -0.2) is 13.3 Å². The van der Waals surface area contributed by atoms with E-state index in [9.17, 15) is 8.78 Å². The van der Waals surface area contributed by atoms with Crippen molar-refractivity contribution in [3.8, 4) is 11.5 Å². The summed E-state index contributed by atoms with van der Waals surface area (Å²) in [5, 5.41) is 3.97. The van der Waals surface area contributed by atoms with E-state index in [-0.39, 0.29) is 5.69 Å². The van der Waals surface area contributed by atoms with Gasteiger partial charge in [-0.2, -0.15) is 5.10 Å². The van der Waals surface area contributed by atoms with Crippen molar-refractivity contribution in [2.45, 2.75) is 6.61 Å². The normalized spacial score (nSPS) is 10.8. The SMILES string of the molecule is COc1cc(/C=N\Nc2ccc(F)cc2F)ccc1OCc1ccccc1. The summed E-state index contributed by atoms with van der Waals surface area (Å²) in [5.74, 6) is -0.189. The third kappa shape index (κ3) is 5.04. The number of hydrogen-bond donors (Lipinski definition) is 1. The summed E-state index contributed by atoms with van der Waals surface area (Å²) in [7, 11) is 1.55. The van der Waals surface area contributed by atoms with Crippen LogP contribution in [0.1, 0.15) is 11.1 Å². The van der Waals surface area contributed by atoms with E-state index >= 15 is 0 Å². The zero-order chi connectivity index (χ0) is 19.1. The quantitative estimate of drug-likeness (QED) is 0.471. The predicted molar refractivity (Wildman–Crippen MR) is 101 cm³/mol. The molecule has 0 radical (unpaired) electrons. The number of nitrogens with zero attached hydrogens (tertiary/aromatic N) is 1. The monoisotopic (exact) mass is 368 g/mol. The maximum atomic E-state index is 13.6. The van der Waals surface area contributed by atoms with Crippen LogP contribution in [-0.2, 0) is 6.61 Å². The van der Waals surface area contributed by atoms with Gasteiger partial charge in [0.1, 0.15) is 12.4 Å². The summed E-state index contributed by atoms with van der Waals surface area (Å²) in [4.78, 5) is 0. The Balaban J connectivity index is 1.66. The van der Waals surface area contributed by atoms with Gasteiger partial charge in [-0.1, -0.05) is 30.3 Å². The molecule has 0 aromatic heterocycles. The van der Waals surface area contributed by atoms with Gasteiger partial charge in [0, 0.05) is 6.07 Å². The average molecular weight is 368 g/mol. The molecule has 0 saturated carbocycles. The molecule has 0 spiro atoms. The van der Waals surface area contributed by atoms with Crippen LogP contribution in [0.3, 0.4) is 0 Å². The van der Waals surface area contributed by atoms with Crippen LogP contribution in [0.25, 0.3) is 0 Å². The second kappa shape index (κ2) is 8.80. The highest BCUT2D eigenvalue weighted by Gasteiger charge is 2.06. The van der Waals surface area contributed by atoms with Gasteiger partial charge < -0.3 is 9.47 Å². The molecule has 0 aliphatic carbocycles. The van der Waals surface area contributed by atoms with Gasteiger partial charge in [-0.15, -0.1) is 0 Å². The first kappa shape index (κ1) is 18.4. The van der Waals surface area contributed by atoms with Gasteiger partial charge in [-0.25, -0.2) is 8.78 Å². The lowest BCUT2D eigenvalue weighted by Crippen LogP contribution is -1.99. The van der Waals surface area contributed by atoms with Gasteiger partial charge >= 0.3 is 0 Å². The number of benzene rings is 3. The zero-order valence-corrected chi connectivity index (χ0v) is 14.7. The molecule has 0 fully saturated rings. The Kier molecular flexibility index (Phi) is 5.99. The minimum absolute atomic E-state index is 0.0856. The van der Waals surface area contributed by atoms with Gasteiger partial charge in [-0.05, 0) is 41.5 Å². The van der Waals surface area contributed by atoms with E-state index in [1.807, 2.05) is 30.3 Å². The summed E-state index contributed by atoms with van der Waals surface area (Å²) in [6.07, 6.45) is 1.51. The topological polar surface area (TPSA) is 42.8 Å². The molecule has 0 heterocycles. The molecule has 3 aromatic carbocycles. The molecule has 1 N–H and O–H groups in total. The van der Waals surface area contributed by atoms with Crippen molar-refractivity contribution in [1.82, 2.24) is 0 Å². The fourth-order valence-electron chi connectivity index (χ4n) is 2.38. The van der Waals surface area contributed by atoms with E-state index in [0.29, 0.717) is 18.1 Å². The molecule has 3 rings (SSSR count). The molecular weight excluding hydrogens is 350 g/mol. The first-order valence-corrected chi connectivity index (χ1v) is 8.24. The van der Waals surface area contributed by atoms with Crippen molar-refractivity contribution in [3.05, 3.63) is 89.5 Å². The fraction of sp³-hybridized carbons (Fsp3) is 0.0952. The lowest BCUT2D eigenvalue weighted by molar-refractivity contribution is 0.284. The van der Waals surface area contributed by atoms with Gasteiger partial charge in [-0.3, -0.25) is 5.43 Å². The first-order valence-electron chi connectivity index (χ1n) is 8.24. The lowest BCUT2D eigenvalue weighted by Gasteiger charge is -2.11. The number of hydrogen-bond acceptors (Lipinski definition) is 4. The number of rotatable bonds is 7. The summed E-state index contributed by atoms with van der Waals surface area (Å²) < 4.78 is 37.6. The Morgan fingerprint density at radius 3 is 2.52 bits per heavy atom. The number of hydrazone groups is 1. The smallest absolute Gasteiger partial charge is 0.161 e. The fourth-order valence-corrected chi connectivity index (χ4v) is 2.38. The van der Waals surface area contributed by atoms with Crippen LogP contribution in [0.2, 0.25) is 0 Å². The van der Waals surface area contributed by atoms with E-state index in [0.717, 1.165) is 23.3 Å². The second-order valence-corrected chi connectivity index (χ2v) is 5.68. The highest BCUT2D eigenvalue weighted by molar-refractivity contribution is 5.81. The van der Waals surface area contributed by atoms with E-state index in [2.05, 4.69) is 10.5 Å². The summed E-state index contributed by atoms with van der Waals surface area (Å²) in [5.41, 5.74) is 4.41. The van der Waals surface area contributed by atoms with Crippen LogP contribution >= 0.6 is 0 Å². The van der Waals surface area contributed by atoms with Crippen LogP contribution in [0, 0.1) is 11.6 Å². The average Bonchev–Trinajstić information content (AvgIpc) is 2.69. The maximum absolute atomic E-state index is 13.6. The Bertz CT molecular complexity index is 931. The second-order valence-electron chi connectivity index (χ2n) is 5.68. The van der Waals surface area contributed by atoms with Crippen molar-refractivity contribution in [2.24, 2.45) is 5.10 Å². The Morgan fingerprint density at radius 1 is 0.963 bits per heavy atom. The molecule has 0 amide bonds. The summed E-state index contributed by atoms with van der Waals surface area (Å²) in [6, 6.07) is 18.4. The van der Waals surface area contributed by atoms with E-state index < -0.39 is 11.6 Å². The molecule has 3 aromatic rings. The maximum Gasteiger partial charge on any atom is 0.161 e. The van der Waals surface area contributed by atoms with Crippen molar-refractivity contribution in [1.29, 1.82) is 0 Å². The number of halogens is 2. The predicted octanol–water partition coefficient (Wildman–Crippen LogP) is 5.00. The largest absolute Gasteiger partial charge is 0.493 e. The van der Waals surface area contributed by atoms with Crippen LogP contribution in [0.5, 0.6) is 11.5 Å². The van der Waals surface area contributed by atoms with Crippen LogP contribution < -0.4 is 14.9 Å². The lowest BCUT2D eigenvalue weighted by atomic mass is 10.2. The molecule has 0 bridgehead atoms. The van der Waals surface area contributed by atoms with E-state index in [1.54, 1.807) is 25.3 Å². The highest BCUT2D eigenvalue weighted by Crippen LogP contribution is 2.28. The Labute approximate surface area is 156 Å². The molecule has 0 aliphatic rings. The molecular formula is C21H18F2N2O2. The molecule has 6 heteroatoms. The zero-order valence-electron chi connectivity index (χ0n) is 14.7. The summed E-state index contributed by atoms with van der Waals surface area (Å²) in [6.45, 7) is 0.427. The van der Waals surface area contributed by atoms with Crippen molar-refractivity contribution < 1.29 is 18.3 Å². The van der Waals surface area contributed by atoms with Crippen LogP contribution in [0.4, 0.5) is 14.5 Å². The molecule has 0 aliphatic heterocycles. The van der Waals surface area contributed by atoms with E-state index in [1.165, 1.54) is 12.3 Å². The minimum atomic E-state index is -0.714. The molecule has 4 nitrogen and oxygen atoms in total. The highest BCUT2D eigenvalue weighted by atomic mass is 19.1. The standard InChI is InChI=1S/C21H18F2N2O2/c1-26-21-11-16(13-24-25-19-9-8-17(22)12-18(19)23)7-10-20(21)27-14-15-5-3-2-4-6-15/h2-13,25H,14H2,1H3/b24-13-. The Morgan fingerprint density at radius 2 is 1.78 bits per heavy atom. The van der Waals surface area contributed by atoms with Gasteiger partial charge in [0.2, 0.25) is 0 Å². The van der Waals surface area contributed by atoms with E-state index in [4.69, 9.17) is 9.47 Å². The van der Waals surface area contributed by atoms with Gasteiger partial charge in [0.05, 0.1) is 19.0 Å². The molecule has 138 valence electrons. The van der Waals surface area contributed by atoms with Crippen molar-refractivity contribution in [2.75, 3.05) is 12.5 Å². The Hall–Kier alpha value is -3.41. The molecule has 0 saturated heterocycles. The van der Waals surface area contributed by atoms with Gasteiger partial charge in [0.25, 0.3) is 0 Å². The van der Waals surface area contributed by atoms with Crippen LogP contribution in [0.15, 0.2) is 71.8 Å². The molecule has 0 atom stereocenters. The number of methoxy groups -OCH3 is 1. The number of ether oxygens (including phenoxy) is 2. The first-order chi connectivity index (χ1) is 13.2. The molecule has 0 unspecified atom stereocenters. The van der Waals surface area contributed by atoms with Crippen molar-refractivity contribution >= 4 is 11.9 Å². The number of nitrogens with one attached hydrogen (secondary N) is 1. The minimum Gasteiger partial charge on any atom is -0.493 e. The third-order valence-corrected chi connectivity index (χ3v) is 3.75. The molecule has 27 heavy (non-hydrogen) atoms. The third-order valence-electron chi connectivity index (χ3n) is 3.75. The van der Waals surface area contributed by atoms with Crippen molar-refractivity contribution in [3.63, 3.8) is 0 Å².